The molecule has 2 aromatic carbocycles. The lowest BCUT2D eigenvalue weighted by molar-refractivity contribution is -0.157. The number of hydrogen-bond donors (Lipinski definition) is 0. The fraction of sp³-hybridized carbons (Fsp3) is 0.483. The summed E-state index contributed by atoms with van der Waals surface area (Å²) in [5.74, 6) is -0.0919. The third-order valence-electron chi connectivity index (χ3n) is 5.54. The van der Waals surface area contributed by atoms with Crippen LogP contribution in [-0.4, -0.2) is 19.0 Å². The lowest BCUT2D eigenvalue weighted by atomic mass is 9.89. The van der Waals surface area contributed by atoms with E-state index in [0.717, 1.165) is 42.6 Å². The summed E-state index contributed by atoms with van der Waals surface area (Å²) in [6.45, 7) is 9.83. The maximum atomic E-state index is 9.10. The highest BCUT2D eigenvalue weighted by atomic mass is 16.7. The second kappa shape index (κ2) is 13.8. The Labute approximate surface area is 200 Å². The third kappa shape index (κ3) is 10.2. The van der Waals surface area contributed by atoms with Crippen LogP contribution in [0.4, 0.5) is 0 Å². The Morgan fingerprint density at radius 1 is 0.970 bits per heavy atom. The van der Waals surface area contributed by atoms with E-state index in [0.29, 0.717) is 26.2 Å². The van der Waals surface area contributed by atoms with Crippen LogP contribution in [0.1, 0.15) is 65.4 Å². The lowest BCUT2D eigenvalue weighted by Gasteiger charge is -2.31. The molecule has 4 heteroatoms. The molecule has 33 heavy (non-hydrogen) atoms. The number of nitrogens with zero attached hydrogens (tertiary/aromatic N) is 1. The van der Waals surface area contributed by atoms with Crippen LogP contribution in [0, 0.1) is 16.7 Å². The first kappa shape index (κ1) is 26.6. The molecule has 0 aliphatic rings. The van der Waals surface area contributed by atoms with Gasteiger partial charge in [0.15, 0.2) is 0 Å². The molecule has 0 radical (unpaired) electrons. The summed E-state index contributed by atoms with van der Waals surface area (Å²) in [6, 6.07) is 22.3. The Balaban J connectivity index is 1.93. The van der Waals surface area contributed by atoms with Gasteiger partial charge in [-0.3, -0.25) is 0 Å². The van der Waals surface area contributed by atoms with Gasteiger partial charge in [-0.15, -0.1) is 0 Å². The average Bonchev–Trinajstić information content (AvgIpc) is 2.83. The standard InChI is InChI=1S/C29H39NO3/c1-5-29(33-27-17-11-7-12-18-27,32-23-26-15-9-6-10-16-26)21-25(2)22-31-20-14-8-13-19-28(3,4)24-30/h6-7,9-12,15-18,21H,5,8,13-14,19-20,22-23H2,1-4H3/b25-21+. The first-order valence-corrected chi connectivity index (χ1v) is 12.0. The first-order chi connectivity index (χ1) is 15.9. The van der Waals surface area contributed by atoms with Gasteiger partial charge in [-0.25, -0.2) is 0 Å². The minimum atomic E-state index is -0.868. The molecule has 0 heterocycles. The van der Waals surface area contributed by atoms with Crippen LogP contribution in [0.3, 0.4) is 0 Å². The molecule has 0 amide bonds. The average molecular weight is 450 g/mol. The second-order valence-corrected chi connectivity index (χ2v) is 9.20. The predicted octanol–water partition coefficient (Wildman–Crippen LogP) is 7.46. The summed E-state index contributed by atoms with van der Waals surface area (Å²) in [6.07, 6.45) is 6.77. The first-order valence-electron chi connectivity index (χ1n) is 12.0. The fourth-order valence-electron chi connectivity index (χ4n) is 3.50. The molecule has 1 unspecified atom stereocenters. The summed E-state index contributed by atoms with van der Waals surface area (Å²) < 4.78 is 18.6. The van der Waals surface area contributed by atoms with Crippen molar-refractivity contribution in [3.8, 4) is 11.8 Å². The third-order valence-corrected chi connectivity index (χ3v) is 5.54. The molecule has 0 aliphatic carbocycles. The molecule has 0 fully saturated rings. The van der Waals surface area contributed by atoms with Crippen LogP contribution in [0.25, 0.3) is 0 Å². The molecule has 0 saturated heterocycles. The van der Waals surface area contributed by atoms with Crippen LogP contribution in [0.2, 0.25) is 0 Å². The molecule has 4 nitrogen and oxygen atoms in total. The van der Waals surface area contributed by atoms with Gasteiger partial charge in [0.2, 0.25) is 5.79 Å². The van der Waals surface area contributed by atoms with Gasteiger partial charge in [0.05, 0.1) is 24.7 Å². The quantitative estimate of drug-likeness (QED) is 0.161. The van der Waals surface area contributed by atoms with Crippen molar-refractivity contribution in [3.63, 3.8) is 0 Å². The van der Waals surface area contributed by atoms with Crippen molar-refractivity contribution in [2.45, 2.75) is 72.2 Å². The Hall–Kier alpha value is -2.61. The molecule has 0 aliphatic heterocycles. The van der Waals surface area contributed by atoms with Gasteiger partial charge >= 0.3 is 0 Å². The zero-order valence-corrected chi connectivity index (χ0v) is 20.7. The number of benzene rings is 2. The molecule has 178 valence electrons. The Morgan fingerprint density at radius 3 is 2.27 bits per heavy atom. The van der Waals surface area contributed by atoms with Gasteiger partial charge in [-0.1, -0.05) is 68.3 Å². The molecule has 1 atom stereocenters. The van der Waals surface area contributed by atoms with E-state index in [-0.39, 0.29) is 5.41 Å². The largest absolute Gasteiger partial charge is 0.459 e. The van der Waals surface area contributed by atoms with Crippen molar-refractivity contribution in [1.29, 1.82) is 5.26 Å². The number of hydrogen-bond acceptors (Lipinski definition) is 4. The molecule has 0 saturated carbocycles. The van der Waals surface area contributed by atoms with E-state index in [9.17, 15) is 0 Å². The number of unbranched alkanes of at least 4 members (excludes halogenated alkanes) is 2. The molecular weight excluding hydrogens is 410 g/mol. The normalized spacial score (nSPS) is 13.8. The van der Waals surface area contributed by atoms with Gasteiger partial charge in [-0.05, 0) is 63.0 Å². The van der Waals surface area contributed by atoms with E-state index in [1.54, 1.807) is 0 Å². The smallest absolute Gasteiger partial charge is 0.230 e. The summed E-state index contributed by atoms with van der Waals surface area (Å²) in [5.41, 5.74) is 1.95. The van der Waals surface area contributed by atoms with Gasteiger partial charge in [0.25, 0.3) is 0 Å². The topological polar surface area (TPSA) is 51.5 Å². The number of para-hydroxylation sites is 1. The highest BCUT2D eigenvalue weighted by Gasteiger charge is 2.29. The number of rotatable bonds is 15. The Bertz CT molecular complexity index is 871. The van der Waals surface area contributed by atoms with E-state index >= 15 is 0 Å². The van der Waals surface area contributed by atoms with Crippen molar-refractivity contribution < 1.29 is 14.2 Å². The maximum Gasteiger partial charge on any atom is 0.230 e. The zero-order valence-electron chi connectivity index (χ0n) is 20.7. The summed E-state index contributed by atoms with van der Waals surface area (Å²) in [7, 11) is 0. The highest BCUT2D eigenvalue weighted by Crippen LogP contribution is 2.27. The van der Waals surface area contributed by atoms with Crippen LogP contribution >= 0.6 is 0 Å². The van der Waals surface area contributed by atoms with E-state index < -0.39 is 5.79 Å². The molecule has 0 bridgehead atoms. The van der Waals surface area contributed by atoms with E-state index in [2.05, 4.69) is 38.1 Å². The van der Waals surface area contributed by atoms with Crippen molar-refractivity contribution in [1.82, 2.24) is 0 Å². The van der Waals surface area contributed by atoms with Gasteiger partial charge in [0.1, 0.15) is 5.75 Å². The fourth-order valence-corrected chi connectivity index (χ4v) is 3.50. The molecule has 0 aromatic heterocycles. The van der Waals surface area contributed by atoms with E-state index in [1.165, 1.54) is 0 Å². The van der Waals surface area contributed by atoms with Gasteiger partial charge in [-0.2, -0.15) is 5.26 Å². The summed E-state index contributed by atoms with van der Waals surface area (Å²) in [4.78, 5) is 0. The molecule has 2 rings (SSSR count). The Morgan fingerprint density at radius 2 is 1.64 bits per heavy atom. The highest BCUT2D eigenvalue weighted by molar-refractivity contribution is 5.23. The summed E-state index contributed by atoms with van der Waals surface area (Å²) in [5, 5.41) is 9.10. The molecule has 0 spiro atoms. The minimum absolute atomic E-state index is 0.234. The monoisotopic (exact) mass is 449 g/mol. The maximum absolute atomic E-state index is 9.10. The zero-order chi connectivity index (χ0) is 24.0. The van der Waals surface area contributed by atoms with Gasteiger partial charge < -0.3 is 14.2 Å². The van der Waals surface area contributed by atoms with Crippen LogP contribution in [0.15, 0.2) is 72.3 Å². The molecule has 0 N–H and O–H groups in total. The van der Waals surface area contributed by atoms with Crippen molar-refractivity contribution in [3.05, 3.63) is 77.9 Å². The van der Waals surface area contributed by atoms with Crippen molar-refractivity contribution >= 4 is 0 Å². The SMILES string of the molecule is CCC(/C=C(\C)COCCCCCC(C)(C)C#N)(OCc1ccccc1)Oc1ccccc1. The summed E-state index contributed by atoms with van der Waals surface area (Å²) >= 11 is 0. The van der Waals surface area contributed by atoms with Crippen LogP contribution in [0.5, 0.6) is 5.75 Å². The number of nitriles is 1. The minimum Gasteiger partial charge on any atom is -0.459 e. The second-order valence-electron chi connectivity index (χ2n) is 9.20. The number of ether oxygens (including phenoxy) is 3. The van der Waals surface area contributed by atoms with Crippen molar-refractivity contribution in [2.75, 3.05) is 13.2 Å². The van der Waals surface area contributed by atoms with Gasteiger partial charge in [0, 0.05) is 13.0 Å². The van der Waals surface area contributed by atoms with E-state index in [4.69, 9.17) is 19.5 Å². The van der Waals surface area contributed by atoms with Crippen molar-refractivity contribution in [2.24, 2.45) is 5.41 Å². The van der Waals surface area contributed by atoms with E-state index in [1.807, 2.05) is 62.4 Å². The lowest BCUT2D eigenvalue weighted by Crippen LogP contribution is -2.37. The Kier molecular flexibility index (Phi) is 11.2. The predicted molar refractivity (Wildman–Crippen MR) is 134 cm³/mol. The molecule has 2 aromatic rings. The van der Waals surface area contributed by atoms with Crippen LogP contribution in [-0.2, 0) is 16.1 Å². The van der Waals surface area contributed by atoms with Crippen LogP contribution < -0.4 is 4.74 Å². The molecular formula is C29H39NO3.